The van der Waals surface area contributed by atoms with Crippen LogP contribution in [0.4, 0.5) is 0 Å². The number of hydrogen-bond donors (Lipinski definition) is 2. The number of ether oxygens (including phenoxy) is 2. The van der Waals surface area contributed by atoms with Crippen molar-refractivity contribution in [3.8, 4) is 5.75 Å². The lowest BCUT2D eigenvalue weighted by Crippen LogP contribution is -2.46. The number of carboxylic acid groups (broad SMARTS) is 1. The number of carbonyl (C=O) groups excluding carboxylic acids is 1. The Bertz CT molecular complexity index is 967. The third-order valence-electron chi connectivity index (χ3n) is 3.51. The van der Waals surface area contributed by atoms with E-state index in [-0.39, 0.29) is 22.4 Å². The number of hydrogen-bond acceptors (Lipinski definition) is 7. The normalized spacial score (nSPS) is 16.7. The zero-order valence-electron chi connectivity index (χ0n) is 12.4. The van der Waals surface area contributed by atoms with Gasteiger partial charge in [0.25, 0.3) is 0 Å². The highest BCUT2D eigenvalue weighted by Gasteiger charge is 2.24. The van der Waals surface area contributed by atoms with Crippen LogP contribution in [0.15, 0.2) is 12.1 Å². The van der Waals surface area contributed by atoms with Crippen LogP contribution in [-0.4, -0.2) is 47.1 Å². The lowest BCUT2D eigenvalue weighted by molar-refractivity contribution is -0.115. The molecule has 2 aromatic rings. The van der Waals surface area contributed by atoms with E-state index in [9.17, 15) is 9.59 Å². The molecule has 3 N–H and O–H groups in total. The Morgan fingerprint density at radius 3 is 2.61 bits per heavy atom. The lowest BCUT2D eigenvalue weighted by atomic mass is 10.1. The minimum Gasteiger partial charge on any atom is -0.494 e. The predicted octanol–water partition coefficient (Wildman–Crippen LogP) is -1.22. The number of aromatic nitrogens is 2. The summed E-state index contributed by atoms with van der Waals surface area (Å²) in [5, 5.41) is 9.78. The molecule has 1 unspecified atom stereocenters. The quantitative estimate of drug-likeness (QED) is 0.722. The molecule has 0 bridgehead atoms. The largest absolute Gasteiger partial charge is 0.494 e. The van der Waals surface area contributed by atoms with Crippen LogP contribution < -0.4 is 21.2 Å². The van der Waals surface area contributed by atoms with Gasteiger partial charge in [0.1, 0.15) is 16.6 Å². The first-order valence-corrected chi connectivity index (χ1v) is 6.65. The first kappa shape index (κ1) is 14.9. The van der Waals surface area contributed by atoms with E-state index in [1.54, 1.807) is 0 Å². The number of carboxylic acids is 1. The van der Waals surface area contributed by atoms with Gasteiger partial charge >= 0.3 is 5.97 Å². The van der Waals surface area contributed by atoms with Gasteiger partial charge in [-0.15, -0.1) is 0 Å². The highest BCUT2D eigenvalue weighted by Crippen LogP contribution is 2.23. The van der Waals surface area contributed by atoms with Gasteiger partial charge in [0.2, 0.25) is 5.78 Å². The van der Waals surface area contributed by atoms with Gasteiger partial charge in [0.05, 0.1) is 36.7 Å². The standard InChI is InChI=1S/C15H13N3O5/c1-22-10-4-6(15(20)21)3-8-11(10)18-12-9(17-8)5-7(16)13(19)14(12)23-2/h3-5,7H,16H2,1-2H3,(H,20,21). The van der Waals surface area contributed by atoms with E-state index in [1.165, 1.54) is 32.4 Å². The van der Waals surface area contributed by atoms with Crippen LogP contribution in [0.3, 0.4) is 0 Å². The highest BCUT2D eigenvalue weighted by molar-refractivity contribution is 6.18. The number of ketones is 1. The summed E-state index contributed by atoms with van der Waals surface area (Å²) in [5.74, 6) is -1.23. The molecule has 1 heterocycles. The molecule has 1 atom stereocenters. The van der Waals surface area contributed by atoms with E-state index in [4.69, 9.17) is 20.3 Å². The number of fused-ring (bicyclic) bond motifs is 2. The fraction of sp³-hybridized carbons (Fsp3) is 0.200. The molecule has 0 spiro atoms. The van der Waals surface area contributed by atoms with Crippen molar-refractivity contribution in [2.24, 2.45) is 5.73 Å². The van der Waals surface area contributed by atoms with Crippen LogP contribution in [0.5, 0.6) is 5.75 Å². The van der Waals surface area contributed by atoms with Gasteiger partial charge in [-0.1, -0.05) is 0 Å². The summed E-state index contributed by atoms with van der Waals surface area (Å²) >= 11 is 0. The minimum atomic E-state index is -1.11. The van der Waals surface area contributed by atoms with Gasteiger partial charge in [-0.25, -0.2) is 14.8 Å². The number of nitrogens with zero attached hydrogens (tertiary/aromatic N) is 2. The fourth-order valence-corrected chi connectivity index (χ4v) is 2.42. The van der Waals surface area contributed by atoms with E-state index in [2.05, 4.69) is 9.97 Å². The van der Waals surface area contributed by atoms with Crippen LogP contribution >= 0.6 is 0 Å². The zero-order valence-corrected chi connectivity index (χ0v) is 12.4. The zero-order chi connectivity index (χ0) is 16.7. The molecular weight excluding hydrogens is 302 g/mol. The van der Waals surface area contributed by atoms with E-state index >= 15 is 0 Å². The third-order valence-corrected chi connectivity index (χ3v) is 3.51. The molecule has 8 heteroatoms. The van der Waals surface area contributed by atoms with Crippen molar-refractivity contribution in [1.82, 2.24) is 9.97 Å². The SMILES string of the molecule is COC1=c2nc3c(OC)cc(C(=O)O)cc3nc2=CC(N)C1=O. The van der Waals surface area contributed by atoms with Crippen molar-refractivity contribution in [1.29, 1.82) is 0 Å². The summed E-state index contributed by atoms with van der Waals surface area (Å²) < 4.78 is 10.3. The molecule has 0 aliphatic heterocycles. The van der Waals surface area contributed by atoms with Crippen LogP contribution in [0.1, 0.15) is 10.4 Å². The molecular formula is C15H13N3O5. The summed E-state index contributed by atoms with van der Waals surface area (Å²) in [6.45, 7) is 0. The molecule has 1 aromatic carbocycles. The van der Waals surface area contributed by atoms with Gasteiger partial charge in [0, 0.05) is 0 Å². The molecule has 0 amide bonds. The molecule has 8 nitrogen and oxygen atoms in total. The second-order valence-corrected chi connectivity index (χ2v) is 4.90. The highest BCUT2D eigenvalue weighted by atomic mass is 16.5. The average molecular weight is 315 g/mol. The molecule has 1 aliphatic rings. The molecule has 3 rings (SSSR count). The Morgan fingerprint density at radius 2 is 2.00 bits per heavy atom. The Balaban J connectivity index is 2.47. The van der Waals surface area contributed by atoms with Gasteiger partial charge in [-0.05, 0) is 18.2 Å². The minimum absolute atomic E-state index is 0.0220. The molecule has 23 heavy (non-hydrogen) atoms. The fourth-order valence-electron chi connectivity index (χ4n) is 2.42. The van der Waals surface area contributed by atoms with Crippen molar-refractivity contribution in [2.45, 2.75) is 6.04 Å². The van der Waals surface area contributed by atoms with Gasteiger partial charge in [0.15, 0.2) is 5.76 Å². The monoisotopic (exact) mass is 315 g/mol. The summed E-state index contributed by atoms with van der Waals surface area (Å²) in [6, 6.07) is 1.85. The van der Waals surface area contributed by atoms with Crippen LogP contribution in [0.25, 0.3) is 22.9 Å². The second kappa shape index (κ2) is 5.33. The predicted molar refractivity (Wildman–Crippen MR) is 80.2 cm³/mol. The number of methoxy groups -OCH3 is 2. The molecule has 0 saturated heterocycles. The first-order valence-electron chi connectivity index (χ1n) is 6.65. The van der Waals surface area contributed by atoms with Crippen molar-refractivity contribution in [2.75, 3.05) is 14.2 Å². The molecule has 1 aromatic heterocycles. The summed E-state index contributed by atoms with van der Waals surface area (Å²) in [4.78, 5) is 32.0. The summed E-state index contributed by atoms with van der Waals surface area (Å²) in [6.07, 6.45) is 1.46. The van der Waals surface area contributed by atoms with Crippen molar-refractivity contribution < 1.29 is 24.2 Å². The Labute approximate surface area is 129 Å². The molecule has 1 aliphatic carbocycles. The van der Waals surface area contributed by atoms with E-state index in [0.29, 0.717) is 16.4 Å². The number of rotatable bonds is 3. The average Bonchev–Trinajstić information content (AvgIpc) is 2.53. The topological polar surface area (TPSA) is 125 Å². The second-order valence-electron chi connectivity index (χ2n) is 4.90. The molecule has 0 fully saturated rings. The maximum Gasteiger partial charge on any atom is 0.335 e. The Hall–Kier alpha value is -3.00. The van der Waals surface area contributed by atoms with Gasteiger partial charge < -0.3 is 20.3 Å². The van der Waals surface area contributed by atoms with E-state index < -0.39 is 17.8 Å². The maximum atomic E-state index is 12.1. The van der Waals surface area contributed by atoms with Crippen LogP contribution in [-0.2, 0) is 9.53 Å². The number of benzene rings is 1. The van der Waals surface area contributed by atoms with Crippen molar-refractivity contribution in [3.63, 3.8) is 0 Å². The number of aromatic carboxylic acids is 1. The molecule has 118 valence electrons. The molecule has 0 radical (unpaired) electrons. The van der Waals surface area contributed by atoms with E-state index in [0.717, 1.165) is 0 Å². The third kappa shape index (κ3) is 2.29. The van der Waals surface area contributed by atoms with Crippen molar-refractivity contribution >= 4 is 34.6 Å². The van der Waals surface area contributed by atoms with Gasteiger partial charge in [-0.2, -0.15) is 0 Å². The Kier molecular flexibility index (Phi) is 3.45. The number of Topliss-reactive ketones (excluding diaryl/α,β-unsaturated/α-hetero) is 1. The van der Waals surface area contributed by atoms with Crippen molar-refractivity contribution in [3.05, 3.63) is 28.4 Å². The summed E-state index contributed by atoms with van der Waals surface area (Å²) in [5.41, 5.74) is 6.43. The summed E-state index contributed by atoms with van der Waals surface area (Å²) in [7, 11) is 2.75. The smallest absolute Gasteiger partial charge is 0.335 e. The first-order chi connectivity index (χ1) is 11.0. The van der Waals surface area contributed by atoms with E-state index in [1.807, 2.05) is 0 Å². The van der Waals surface area contributed by atoms with Crippen LogP contribution in [0, 0.1) is 0 Å². The lowest BCUT2D eigenvalue weighted by Gasteiger charge is -2.14. The van der Waals surface area contributed by atoms with Crippen LogP contribution in [0.2, 0.25) is 0 Å². The Morgan fingerprint density at radius 1 is 1.26 bits per heavy atom. The molecule has 0 saturated carbocycles. The van der Waals surface area contributed by atoms with Gasteiger partial charge in [-0.3, -0.25) is 4.79 Å². The number of nitrogens with two attached hydrogens (primary N) is 1. The number of carbonyl (C=O) groups is 2. The maximum absolute atomic E-state index is 12.1.